The first-order valence-electron chi connectivity index (χ1n) is 7.56. The van der Waals surface area contributed by atoms with Crippen molar-refractivity contribution in [2.75, 3.05) is 0 Å². The summed E-state index contributed by atoms with van der Waals surface area (Å²) in [6, 6.07) is 10.4. The number of hydrogen-bond donors (Lipinski definition) is 1. The van der Waals surface area contributed by atoms with Gasteiger partial charge in [0.1, 0.15) is 0 Å². The lowest BCUT2D eigenvalue weighted by atomic mass is 9.99. The maximum absolute atomic E-state index is 6.27. The summed E-state index contributed by atoms with van der Waals surface area (Å²) in [4.78, 5) is 4.31. The van der Waals surface area contributed by atoms with Gasteiger partial charge in [-0.15, -0.1) is 0 Å². The molecule has 0 aliphatic rings. The van der Waals surface area contributed by atoms with Crippen LogP contribution in [0.25, 0.3) is 0 Å². The van der Waals surface area contributed by atoms with Gasteiger partial charge in [-0.3, -0.25) is 0 Å². The summed E-state index contributed by atoms with van der Waals surface area (Å²) >= 11 is 0. The van der Waals surface area contributed by atoms with Gasteiger partial charge in [-0.25, -0.2) is 4.98 Å². The molecule has 0 fully saturated rings. The molecule has 0 saturated carbocycles. The van der Waals surface area contributed by atoms with Crippen LogP contribution in [-0.2, 0) is 6.54 Å². The molecule has 1 unspecified atom stereocenters. The molecule has 3 nitrogen and oxygen atoms in total. The van der Waals surface area contributed by atoms with Crippen LogP contribution in [0.1, 0.15) is 56.3 Å². The number of nitrogens with two attached hydrogens (primary N) is 1. The Morgan fingerprint density at radius 2 is 1.85 bits per heavy atom. The van der Waals surface area contributed by atoms with E-state index in [-0.39, 0.29) is 6.04 Å². The molecule has 2 N–H and O–H groups in total. The summed E-state index contributed by atoms with van der Waals surface area (Å²) in [5.74, 6) is 0.602. The molecule has 0 aliphatic heterocycles. The van der Waals surface area contributed by atoms with Gasteiger partial charge in [-0.05, 0) is 24.8 Å². The highest BCUT2D eigenvalue weighted by atomic mass is 15.0. The van der Waals surface area contributed by atoms with E-state index in [1.807, 2.05) is 30.7 Å². The van der Waals surface area contributed by atoms with Gasteiger partial charge in [0.15, 0.2) is 0 Å². The summed E-state index contributed by atoms with van der Waals surface area (Å²) in [6.07, 6.45) is 7.20. The quantitative estimate of drug-likeness (QED) is 0.830. The molecule has 3 heteroatoms. The monoisotopic (exact) mass is 271 g/mol. The number of aromatic nitrogens is 2. The van der Waals surface area contributed by atoms with Crippen LogP contribution >= 0.6 is 0 Å². The second kappa shape index (κ2) is 7.25. The van der Waals surface area contributed by atoms with Crippen LogP contribution in [0.3, 0.4) is 0 Å². The summed E-state index contributed by atoms with van der Waals surface area (Å²) in [5, 5.41) is 0. The lowest BCUT2D eigenvalue weighted by molar-refractivity contribution is 0.515. The number of benzene rings is 1. The van der Waals surface area contributed by atoms with Gasteiger partial charge < -0.3 is 10.3 Å². The average Bonchev–Trinajstić information content (AvgIpc) is 2.95. The zero-order valence-electron chi connectivity index (χ0n) is 12.5. The van der Waals surface area contributed by atoms with Crippen molar-refractivity contribution in [2.45, 2.75) is 51.6 Å². The van der Waals surface area contributed by atoms with Crippen molar-refractivity contribution in [1.82, 2.24) is 9.55 Å². The fourth-order valence-corrected chi connectivity index (χ4v) is 2.71. The lowest BCUT2D eigenvalue weighted by Crippen LogP contribution is -2.15. The molecule has 0 saturated heterocycles. The molecule has 0 radical (unpaired) electrons. The highest BCUT2D eigenvalue weighted by molar-refractivity contribution is 5.18. The largest absolute Gasteiger partial charge is 0.334 e. The highest BCUT2D eigenvalue weighted by Crippen LogP contribution is 2.23. The van der Waals surface area contributed by atoms with Gasteiger partial charge in [0.25, 0.3) is 0 Å². The molecule has 20 heavy (non-hydrogen) atoms. The number of rotatable bonds is 7. The third kappa shape index (κ3) is 3.48. The highest BCUT2D eigenvalue weighted by Gasteiger charge is 2.13. The first-order chi connectivity index (χ1) is 9.76. The fraction of sp³-hybridized carbons (Fsp3) is 0.471. The van der Waals surface area contributed by atoms with Crippen molar-refractivity contribution in [2.24, 2.45) is 5.73 Å². The fourth-order valence-electron chi connectivity index (χ4n) is 2.71. The summed E-state index contributed by atoms with van der Waals surface area (Å²) < 4.78 is 2.26. The van der Waals surface area contributed by atoms with E-state index in [1.54, 1.807) is 0 Å². The summed E-state index contributed by atoms with van der Waals surface area (Å²) in [6.45, 7) is 5.41. The third-order valence-electron chi connectivity index (χ3n) is 4.06. The molecule has 2 rings (SSSR count). The maximum Gasteiger partial charge on any atom is 0.0948 e. The normalized spacial score (nSPS) is 12.8. The Labute approximate surface area is 121 Å². The summed E-state index contributed by atoms with van der Waals surface area (Å²) in [5.41, 5.74) is 8.82. The van der Waals surface area contributed by atoms with Gasteiger partial charge in [-0.2, -0.15) is 0 Å². The molecular formula is C17H25N3. The SMILES string of the molecule is CCC(CC)c1cncn1CCC(N)c1ccccc1. The van der Waals surface area contributed by atoms with E-state index in [1.165, 1.54) is 11.3 Å². The van der Waals surface area contributed by atoms with E-state index < -0.39 is 0 Å². The van der Waals surface area contributed by atoms with Crippen molar-refractivity contribution in [3.05, 3.63) is 54.1 Å². The van der Waals surface area contributed by atoms with Crippen molar-refractivity contribution < 1.29 is 0 Å². The van der Waals surface area contributed by atoms with Gasteiger partial charge in [0, 0.05) is 30.4 Å². The van der Waals surface area contributed by atoms with E-state index in [9.17, 15) is 0 Å². The first kappa shape index (κ1) is 14.8. The Hall–Kier alpha value is -1.61. The zero-order chi connectivity index (χ0) is 14.4. The van der Waals surface area contributed by atoms with Gasteiger partial charge in [-0.1, -0.05) is 44.2 Å². The molecule has 0 bridgehead atoms. The standard InChI is InChI=1S/C17H25N3/c1-3-14(4-2)17-12-19-13-20(17)11-10-16(18)15-8-6-5-7-9-15/h5-9,12-14,16H,3-4,10-11,18H2,1-2H3. The minimum Gasteiger partial charge on any atom is -0.334 e. The molecule has 1 aromatic carbocycles. The van der Waals surface area contributed by atoms with E-state index in [0.717, 1.165) is 25.8 Å². The molecule has 1 aromatic heterocycles. The average molecular weight is 271 g/mol. The van der Waals surface area contributed by atoms with Gasteiger partial charge in [0.05, 0.1) is 6.33 Å². The lowest BCUT2D eigenvalue weighted by Gasteiger charge is -2.17. The number of nitrogens with zero attached hydrogens (tertiary/aromatic N) is 2. The Bertz CT molecular complexity index is 500. The van der Waals surface area contributed by atoms with Crippen LogP contribution in [0.2, 0.25) is 0 Å². The molecule has 1 heterocycles. The Balaban J connectivity index is 1.99. The maximum atomic E-state index is 6.27. The Morgan fingerprint density at radius 1 is 1.15 bits per heavy atom. The van der Waals surface area contributed by atoms with Crippen LogP contribution in [0.15, 0.2) is 42.9 Å². The molecule has 2 aromatic rings. The predicted molar refractivity (Wildman–Crippen MR) is 83.5 cm³/mol. The third-order valence-corrected chi connectivity index (χ3v) is 4.06. The predicted octanol–water partition coefficient (Wildman–Crippen LogP) is 3.88. The van der Waals surface area contributed by atoms with Crippen molar-refractivity contribution in [1.29, 1.82) is 0 Å². The first-order valence-corrected chi connectivity index (χ1v) is 7.56. The van der Waals surface area contributed by atoms with E-state index in [2.05, 4.69) is 35.5 Å². The molecule has 0 amide bonds. The number of aryl methyl sites for hydroxylation is 1. The molecule has 0 aliphatic carbocycles. The van der Waals surface area contributed by atoms with Crippen molar-refractivity contribution in [3.8, 4) is 0 Å². The van der Waals surface area contributed by atoms with E-state index in [0.29, 0.717) is 5.92 Å². The van der Waals surface area contributed by atoms with Gasteiger partial charge in [0.2, 0.25) is 0 Å². The topological polar surface area (TPSA) is 43.8 Å². The molecule has 0 spiro atoms. The van der Waals surface area contributed by atoms with Crippen LogP contribution in [-0.4, -0.2) is 9.55 Å². The van der Waals surface area contributed by atoms with Crippen LogP contribution < -0.4 is 5.73 Å². The molecule has 108 valence electrons. The number of hydrogen-bond acceptors (Lipinski definition) is 2. The second-order valence-electron chi connectivity index (χ2n) is 5.33. The van der Waals surface area contributed by atoms with Gasteiger partial charge >= 0.3 is 0 Å². The van der Waals surface area contributed by atoms with Crippen molar-refractivity contribution >= 4 is 0 Å². The minimum atomic E-state index is 0.0909. The van der Waals surface area contributed by atoms with Crippen LogP contribution in [0, 0.1) is 0 Å². The van der Waals surface area contributed by atoms with E-state index in [4.69, 9.17) is 5.73 Å². The minimum absolute atomic E-state index is 0.0909. The second-order valence-corrected chi connectivity index (χ2v) is 5.33. The molecule has 1 atom stereocenters. The van der Waals surface area contributed by atoms with Crippen LogP contribution in [0.4, 0.5) is 0 Å². The summed E-state index contributed by atoms with van der Waals surface area (Å²) in [7, 11) is 0. The van der Waals surface area contributed by atoms with Crippen molar-refractivity contribution in [3.63, 3.8) is 0 Å². The smallest absolute Gasteiger partial charge is 0.0948 e. The van der Waals surface area contributed by atoms with Crippen LogP contribution in [0.5, 0.6) is 0 Å². The molecular weight excluding hydrogens is 246 g/mol. The Morgan fingerprint density at radius 3 is 2.50 bits per heavy atom. The number of imidazole rings is 1. The zero-order valence-corrected chi connectivity index (χ0v) is 12.5. The Kier molecular flexibility index (Phi) is 5.36. The van der Waals surface area contributed by atoms with E-state index >= 15 is 0 Å².